The first-order chi connectivity index (χ1) is 9.11. The third-order valence-corrected chi connectivity index (χ3v) is 4.57. The summed E-state index contributed by atoms with van der Waals surface area (Å²) in [7, 11) is 2.08. The molecule has 0 radical (unpaired) electrons. The van der Waals surface area contributed by atoms with E-state index in [1.165, 1.54) is 37.1 Å². The Kier molecular flexibility index (Phi) is 5.00. The number of likely N-dealkylation sites (tertiary alicyclic amines) is 1. The average molecular weight is 260 g/mol. The highest BCUT2D eigenvalue weighted by atomic mass is 15.2. The first kappa shape index (κ1) is 14.5. The van der Waals surface area contributed by atoms with Gasteiger partial charge < -0.3 is 5.32 Å². The SMILES string of the molecule is CNC1CCN(C(C)c2ccc(C(C)C)cc2)CC1. The lowest BCUT2D eigenvalue weighted by atomic mass is 9.97. The zero-order valence-corrected chi connectivity index (χ0v) is 12.8. The molecule has 2 rings (SSSR count). The van der Waals surface area contributed by atoms with E-state index in [2.05, 4.69) is 62.3 Å². The molecule has 2 heteroatoms. The summed E-state index contributed by atoms with van der Waals surface area (Å²) in [6.45, 7) is 9.25. The fraction of sp³-hybridized carbons (Fsp3) is 0.647. The zero-order chi connectivity index (χ0) is 13.8. The van der Waals surface area contributed by atoms with E-state index in [0.717, 1.165) is 0 Å². The van der Waals surface area contributed by atoms with Gasteiger partial charge in [-0.15, -0.1) is 0 Å². The number of hydrogen-bond acceptors (Lipinski definition) is 2. The van der Waals surface area contributed by atoms with E-state index in [0.29, 0.717) is 18.0 Å². The fourth-order valence-corrected chi connectivity index (χ4v) is 2.95. The maximum Gasteiger partial charge on any atom is 0.0319 e. The molecule has 0 spiro atoms. The van der Waals surface area contributed by atoms with Gasteiger partial charge in [-0.3, -0.25) is 4.90 Å². The van der Waals surface area contributed by atoms with Gasteiger partial charge in [0.1, 0.15) is 0 Å². The van der Waals surface area contributed by atoms with Crippen LogP contribution in [0.4, 0.5) is 0 Å². The van der Waals surface area contributed by atoms with Crippen LogP contribution in [0, 0.1) is 0 Å². The summed E-state index contributed by atoms with van der Waals surface area (Å²) in [5.41, 5.74) is 2.89. The zero-order valence-electron chi connectivity index (χ0n) is 12.8. The number of rotatable bonds is 4. The summed E-state index contributed by atoms with van der Waals surface area (Å²) in [5.74, 6) is 0.621. The quantitative estimate of drug-likeness (QED) is 0.890. The normalized spacial score (nSPS) is 19.8. The minimum Gasteiger partial charge on any atom is -0.317 e. The van der Waals surface area contributed by atoms with Crippen LogP contribution < -0.4 is 5.32 Å². The molecule has 1 aromatic rings. The van der Waals surface area contributed by atoms with Crippen LogP contribution in [-0.2, 0) is 0 Å². The summed E-state index contributed by atoms with van der Waals surface area (Å²) in [6, 6.07) is 10.5. The molecule has 1 aromatic carbocycles. The van der Waals surface area contributed by atoms with Gasteiger partial charge in [-0.1, -0.05) is 38.1 Å². The molecule has 19 heavy (non-hydrogen) atoms. The van der Waals surface area contributed by atoms with Gasteiger partial charge in [0.05, 0.1) is 0 Å². The Morgan fingerprint density at radius 1 is 1.00 bits per heavy atom. The topological polar surface area (TPSA) is 15.3 Å². The second-order valence-electron chi connectivity index (χ2n) is 6.10. The van der Waals surface area contributed by atoms with Crippen LogP contribution in [0.2, 0.25) is 0 Å². The monoisotopic (exact) mass is 260 g/mol. The van der Waals surface area contributed by atoms with Crippen molar-refractivity contribution in [3.63, 3.8) is 0 Å². The Balaban J connectivity index is 1.97. The molecular weight excluding hydrogens is 232 g/mol. The lowest BCUT2D eigenvalue weighted by molar-refractivity contribution is 0.155. The van der Waals surface area contributed by atoms with Crippen molar-refractivity contribution < 1.29 is 0 Å². The summed E-state index contributed by atoms with van der Waals surface area (Å²) >= 11 is 0. The Bertz CT molecular complexity index is 375. The van der Waals surface area contributed by atoms with Crippen molar-refractivity contribution in [2.75, 3.05) is 20.1 Å². The molecule has 1 heterocycles. The number of piperidine rings is 1. The van der Waals surface area contributed by atoms with Crippen LogP contribution >= 0.6 is 0 Å². The molecular formula is C17H28N2. The summed E-state index contributed by atoms with van der Waals surface area (Å²) in [5, 5.41) is 3.40. The number of nitrogens with zero attached hydrogens (tertiary/aromatic N) is 1. The Morgan fingerprint density at radius 3 is 2.00 bits per heavy atom. The van der Waals surface area contributed by atoms with Gasteiger partial charge in [0.25, 0.3) is 0 Å². The lowest BCUT2D eigenvalue weighted by Crippen LogP contribution is -2.42. The molecule has 106 valence electrons. The van der Waals surface area contributed by atoms with Crippen LogP contribution in [0.25, 0.3) is 0 Å². The van der Waals surface area contributed by atoms with E-state index >= 15 is 0 Å². The number of benzene rings is 1. The molecule has 1 N–H and O–H groups in total. The third kappa shape index (κ3) is 3.58. The lowest BCUT2D eigenvalue weighted by Gasteiger charge is -2.36. The van der Waals surface area contributed by atoms with Crippen LogP contribution in [0.3, 0.4) is 0 Å². The Labute approximate surface area is 118 Å². The molecule has 0 bridgehead atoms. The van der Waals surface area contributed by atoms with E-state index in [1.54, 1.807) is 0 Å². The molecule has 1 atom stereocenters. The van der Waals surface area contributed by atoms with Crippen LogP contribution in [0.15, 0.2) is 24.3 Å². The van der Waals surface area contributed by atoms with E-state index in [4.69, 9.17) is 0 Å². The minimum atomic E-state index is 0.541. The summed E-state index contributed by atoms with van der Waals surface area (Å²) in [4.78, 5) is 2.61. The Morgan fingerprint density at radius 2 is 1.53 bits per heavy atom. The molecule has 1 aliphatic rings. The molecule has 1 fully saturated rings. The van der Waals surface area contributed by atoms with Gasteiger partial charge >= 0.3 is 0 Å². The molecule has 1 unspecified atom stereocenters. The standard InChI is InChI=1S/C17H28N2/c1-13(2)15-5-7-16(8-6-15)14(3)19-11-9-17(18-4)10-12-19/h5-8,13-14,17-18H,9-12H2,1-4H3. The van der Waals surface area contributed by atoms with E-state index in [-0.39, 0.29) is 0 Å². The fourth-order valence-electron chi connectivity index (χ4n) is 2.95. The largest absolute Gasteiger partial charge is 0.317 e. The smallest absolute Gasteiger partial charge is 0.0319 e. The predicted molar refractivity (Wildman–Crippen MR) is 82.6 cm³/mol. The van der Waals surface area contributed by atoms with Crippen molar-refractivity contribution in [2.45, 2.75) is 51.6 Å². The van der Waals surface area contributed by atoms with Crippen LogP contribution in [-0.4, -0.2) is 31.1 Å². The van der Waals surface area contributed by atoms with Gasteiger partial charge in [-0.25, -0.2) is 0 Å². The Hall–Kier alpha value is -0.860. The molecule has 0 aromatic heterocycles. The molecule has 0 aliphatic carbocycles. The highest BCUT2D eigenvalue weighted by Crippen LogP contribution is 2.25. The van der Waals surface area contributed by atoms with Gasteiger partial charge in [0.15, 0.2) is 0 Å². The molecule has 2 nitrogen and oxygen atoms in total. The first-order valence-corrected chi connectivity index (χ1v) is 7.63. The molecule has 1 saturated heterocycles. The first-order valence-electron chi connectivity index (χ1n) is 7.63. The summed E-state index contributed by atoms with van der Waals surface area (Å²) < 4.78 is 0. The second kappa shape index (κ2) is 6.53. The van der Waals surface area contributed by atoms with Gasteiger partial charge in [-0.05, 0) is 43.9 Å². The summed E-state index contributed by atoms with van der Waals surface area (Å²) in [6.07, 6.45) is 2.54. The predicted octanol–water partition coefficient (Wildman–Crippen LogP) is 3.55. The van der Waals surface area contributed by atoms with Crippen molar-refractivity contribution >= 4 is 0 Å². The van der Waals surface area contributed by atoms with Crippen LogP contribution in [0.1, 0.15) is 56.7 Å². The van der Waals surface area contributed by atoms with Gasteiger partial charge in [-0.2, -0.15) is 0 Å². The van der Waals surface area contributed by atoms with E-state index in [1.807, 2.05) is 0 Å². The van der Waals surface area contributed by atoms with Crippen molar-refractivity contribution in [3.8, 4) is 0 Å². The second-order valence-corrected chi connectivity index (χ2v) is 6.10. The van der Waals surface area contributed by atoms with Gasteiger partial charge in [0.2, 0.25) is 0 Å². The number of nitrogens with one attached hydrogen (secondary N) is 1. The van der Waals surface area contributed by atoms with E-state index < -0.39 is 0 Å². The molecule has 0 amide bonds. The van der Waals surface area contributed by atoms with Gasteiger partial charge in [0, 0.05) is 25.2 Å². The third-order valence-electron chi connectivity index (χ3n) is 4.57. The highest BCUT2D eigenvalue weighted by Gasteiger charge is 2.22. The minimum absolute atomic E-state index is 0.541. The van der Waals surface area contributed by atoms with Crippen molar-refractivity contribution in [3.05, 3.63) is 35.4 Å². The highest BCUT2D eigenvalue weighted by molar-refractivity contribution is 5.26. The van der Waals surface area contributed by atoms with E-state index in [9.17, 15) is 0 Å². The van der Waals surface area contributed by atoms with Crippen molar-refractivity contribution in [2.24, 2.45) is 0 Å². The maximum absolute atomic E-state index is 3.40. The number of hydrogen-bond donors (Lipinski definition) is 1. The van der Waals surface area contributed by atoms with Crippen molar-refractivity contribution in [1.82, 2.24) is 10.2 Å². The maximum atomic E-state index is 3.40. The molecule has 0 saturated carbocycles. The van der Waals surface area contributed by atoms with Crippen LogP contribution in [0.5, 0.6) is 0 Å². The molecule has 1 aliphatic heterocycles. The van der Waals surface area contributed by atoms with Crippen molar-refractivity contribution in [1.29, 1.82) is 0 Å². The average Bonchev–Trinajstić information content (AvgIpc) is 2.46.